The summed E-state index contributed by atoms with van der Waals surface area (Å²) in [5.74, 6) is -0.500. The van der Waals surface area contributed by atoms with E-state index < -0.39 is 0 Å². The van der Waals surface area contributed by atoms with Crippen molar-refractivity contribution >= 4 is 23.0 Å². The molecule has 0 aliphatic carbocycles. The van der Waals surface area contributed by atoms with E-state index in [1.54, 1.807) is 24.3 Å². The maximum absolute atomic E-state index is 12.4. The van der Waals surface area contributed by atoms with Crippen LogP contribution in [0.2, 0.25) is 0 Å². The fourth-order valence-electron chi connectivity index (χ4n) is 3.52. The zero-order valence-electron chi connectivity index (χ0n) is 18.5. The second-order valence-corrected chi connectivity index (χ2v) is 7.77. The summed E-state index contributed by atoms with van der Waals surface area (Å²) in [5.41, 5.74) is 10.4. The second kappa shape index (κ2) is 10.0. The molecule has 0 aromatic heterocycles. The number of imide groups is 1. The molecule has 3 aromatic carbocycles. The average molecular weight is 425 g/mol. The lowest BCUT2D eigenvalue weighted by Crippen LogP contribution is -2.38. The van der Waals surface area contributed by atoms with Gasteiger partial charge >= 0.3 is 0 Å². The van der Waals surface area contributed by atoms with Crippen LogP contribution >= 0.6 is 0 Å². The first-order valence-corrected chi connectivity index (χ1v) is 10.5. The number of amides is 2. The van der Waals surface area contributed by atoms with Crippen LogP contribution in [-0.2, 0) is 0 Å². The minimum atomic E-state index is -0.375. The summed E-state index contributed by atoms with van der Waals surface area (Å²) in [7, 11) is 0. The van der Waals surface area contributed by atoms with Gasteiger partial charge in [-0.15, -0.1) is 0 Å². The Morgan fingerprint density at radius 3 is 1.47 bits per heavy atom. The van der Waals surface area contributed by atoms with E-state index in [-0.39, 0.29) is 23.9 Å². The first-order chi connectivity index (χ1) is 15.3. The van der Waals surface area contributed by atoms with Crippen molar-refractivity contribution in [1.29, 1.82) is 0 Å². The van der Waals surface area contributed by atoms with Crippen LogP contribution < -0.4 is 5.73 Å². The summed E-state index contributed by atoms with van der Waals surface area (Å²) < 4.78 is 0. The number of hydrogen-bond acceptors (Lipinski definition) is 3. The highest BCUT2D eigenvalue weighted by Crippen LogP contribution is 2.29. The zero-order chi connectivity index (χ0) is 23.3. The van der Waals surface area contributed by atoms with Crippen molar-refractivity contribution in [2.24, 2.45) is 5.73 Å². The van der Waals surface area contributed by atoms with Crippen molar-refractivity contribution in [2.45, 2.75) is 25.9 Å². The molecule has 1 aliphatic heterocycles. The minimum Gasteiger partial charge on any atom is -0.324 e. The molecule has 0 radical (unpaired) electrons. The Hall–Kier alpha value is -3.76. The predicted octanol–water partition coefficient (Wildman–Crippen LogP) is 5.43. The van der Waals surface area contributed by atoms with Crippen LogP contribution in [0.3, 0.4) is 0 Å². The number of nitrogens with zero attached hydrogens (tertiary/aromatic N) is 1. The number of fused-ring (bicyclic) bond motifs is 1. The van der Waals surface area contributed by atoms with Gasteiger partial charge in [-0.3, -0.25) is 14.5 Å². The molecule has 4 nitrogen and oxygen atoms in total. The van der Waals surface area contributed by atoms with Gasteiger partial charge in [-0.05, 0) is 48.3 Å². The van der Waals surface area contributed by atoms with Crippen molar-refractivity contribution in [3.8, 4) is 0 Å². The molecule has 32 heavy (non-hydrogen) atoms. The summed E-state index contributed by atoms with van der Waals surface area (Å²) in [6.45, 7) is 11.7. The number of benzene rings is 3. The Labute approximate surface area is 189 Å². The normalized spacial score (nSPS) is 14.2. The van der Waals surface area contributed by atoms with E-state index in [1.807, 2.05) is 74.5 Å². The highest BCUT2D eigenvalue weighted by atomic mass is 16.2. The number of nitrogens with two attached hydrogens (primary N) is 1. The van der Waals surface area contributed by atoms with Crippen molar-refractivity contribution in [3.63, 3.8) is 0 Å². The number of hydrogen-bond donors (Lipinski definition) is 1. The Morgan fingerprint density at radius 1 is 0.688 bits per heavy atom. The largest absolute Gasteiger partial charge is 0.324 e. The van der Waals surface area contributed by atoms with Gasteiger partial charge in [0.25, 0.3) is 11.8 Å². The summed E-state index contributed by atoms with van der Waals surface area (Å²) in [6.07, 6.45) is 0. The van der Waals surface area contributed by atoms with E-state index in [0.717, 1.165) is 22.3 Å². The van der Waals surface area contributed by atoms with E-state index in [2.05, 4.69) is 13.2 Å². The van der Waals surface area contributed by atoms with Crippen LogP contribution in [0.15, 0.2) is 98.1 Å². The fourth-order valence-corrected chi connectivity index (χ4v) is 3.52. The Balaban J connectivity index is 0.000000222. The van der Waals surface area contributed by atoms with Gasteiger partial charge in [0.1, 0.15) is 0 Å². The highest BCUT2D eigenvalue weighted by molar-refractivity contribution is 6.22. The molecule has 2 amide bonds. The van der Waals surface area contributed by atoms with Crippen molar-refractivity contribution < 1.29 is 9.59 Å². The Bertz CT molecular complexity index is 1100. The quantitative estimate of drug-likeness (QED) is 0.556. The first-order valence-electron chi connectivity index (χ1n) is 10.5. The number of rotatable bonds is 5. The predicted molar refractivity (Wildman–Crippen MR) is 131 cm³/mol. The molecule has 0 spiro atoms. The smallest absolute Gasteiger partial charge is 0.262 e. The van der Waals surface area contributed by atoms with Gasteiger partial charge in [0.15, 0.2) is 0 Å². The molecule has 0 bridgehead atoms. The summed E-state index contributed by atoms with van der Waals surface area (Å²) in [4.78, 5) is 26.2. The van der Waals surface area contributed by atoms with Crippen molar-refractivity contribution in [2.75, 3.05) is 0 Å². The monoisotopic (exact) mass is 424 g/mol. The van der Waals surface area contributed by atoms with Crippen LogP contribution in [0.25, 0.3) is 11.1 Å². The summed E-state index contributed by atoms with van der Waals surface area (Å²) in [6, 6.07) is 26.2. The lowest BCUT2D eigenvalue weighted by atomic mass is 10.0. The van der Waals surface area contributed by atoms with Gasteiger partial charge in [0.2, 0.25) is 0 Å². The van der Waals surface area contributed by atoms with Gasteiger partial charge < -0.3 is 5.73 Å². The van der Waals surface area contributed by atoms with E-state index >= 15 is 0 Å². The number of carbonyl (C=O) groups excluding carboxylic acids is 2. The lowest BCUT2D eigenvalue weighted by molar-refractivity contribution is 0.0630. The Kier molecular flexibility index (Phi) is 7.18. The van der Waals surface area contributed by atoms with Crippen LogP contribution in [0.4, 0.5) is 0 Å². The SMILES string of the molecule is C=C(c1ccccc1)C(C)N.C=C(c1ccccc1)C(C)N1C(=O)c2ccccc2C1=O. The molecule has 3 aromatic rings. The van der Waals surface area contributed by atoms with E-state index in [0.29, 0.717) is 11.1 Å². The van der Waals surface area contributed by atoms with Crippen molar-refractivity contribution in [1.82, 2.24) is 4.90 Å². The molecule has 0 saturated heterocycles. The third-order valence-corrected chi connectivity index (χ3v) is 5.56. The molecule has 0 fully saturated rings. The van der Waals surface area contributed by atoms with Crippen LogP contribution in [-0.4, -0.2) is 28.8 Å². The Morgan fingerprint density at radius 2 is 1.06 bits per heavy atom. The molecule has 2 N–H and O–H groups in total. The molecular formula is C28H28N2O2. The minimum absolute atomic E-state index is 0.0393. The molecule has 1 heterocycles. The molecule has 0 saturated carbocycles. The van der Waals surface area contributed by atoms with Crippen LogP contribution in [0.1, 0.15) is 45.7 Å². The number of carbonyl (C=O) groups is 2. The first kappa shape index (κ1) is 22.9. The molecule has 1 aliphatic rings. The topological polar surface area (TPSA) is 63.4 Å². The van der Waals surface area contributed by atoms with E-state index in [9.17, 15) is 9.59 Å². The summed E-state index contributed by atoms with van der Waals surface area (Å²) >= 11 is 0. The lowest BCUT2D eigenvalue weighted by Gasteiger charge is -2.24. The maximum Gasteiger partial charge on any atom is 0.262 e. The fraction of sp³-hybridized carbons (Fsp3) is 0.143. The molecular weight excluding hydrogens is 396 g/mol. The average Bonchev–Trinajstić information content (AvgIpc) is 3.09. The van der Waals surface area contributed by atoms with Gasteiger partial charge in [0.05, 0.1) is 17.2 Å². The van der Waals surface area contributed by atoms with E-state index in [1.165, 1.54) is 4.90 Å². The van der Waals surface area contributed by atoms with Gasteiger partial charge in [-0.1, -0.05) is 86.0 Å². The van der Waals surface area contributed by atoms with Crippen LogP contribution in [0.5, 0.6) is 0 Å². The molecule has 4 heteroatoms. The third-order valence-electron chi connectivity index (χ3n) is 5.56. The molecule has 4 rings (SSSR count). The maximum atomic E-state index is 12.4. The summed E-state index contributed by atoms with van der Waals surface area (Å²) in [5, 5.41) is 0. The van der Waals surface area contributed by atoms with Crippen molar-refractivity contribution in [3.05, 3.63) is 120 Å². The molecule has 2 unspecified atom stereocenters. The van der Waals surface area contributed by atoms with Gasteiger partial charge in [-0.25, -0.2) is 0 Å². The molecule has 2 atom stereocenters. The highest BCUT2D eigenvalue weighted by Gasteiger charge is 2.38. The van der Waals surface area contributed by atoms with E-state index in [4.69, 9.17) is 5.73 Å². The van der Waals surface area contributed by atoms with Gasteiger partial charge in [-0.2, -0.15) is 0 Å². The molecule has 162 valence electrons. The standard InChI is InChI=1S/C18H15NO2.C10H13N/c1-12(14-8-4-3-5-9-14)13(2)19-17(20)15-10-6-7-11-16(15)18(19)21;1-8(9(2)11)10-6-4-3-5-7-10/h3-11,13H,1H2,2H3;3-7,9H,1,11H2,2H3. The van der Waals surface area contributed by atoms with Crippen LogP contribution in [0, 0.1) is 0 Å². The second-order valence-electron chi connectivity index (χ2n) is 7.77. The van der Waals surface area contributed by atoms with Gasteiger partial charge in [0, 0.05) is 6.04 Å². The zero-order valence-corrected chi connectivity index (χ0v) is 18.5. The third kappa shape index (κ3) is 4.76.